The van der Waals surface area contributed by atoms with Crippen LogP contribution in [0.5, 0.6) is 0 Å². The van der Waals surface area contributed by atoms with Gasteiger partial charge in [-0.1, -0.05) is 13.8 Å². The highest BCUT2D eigenvalue weighted by Gasteiger charge is 2.49. The highest BCUT2D eigenvalue weighted by molar-refractivity contribution is 5.05. The van der Waals surface area contributed by atoms with Gasteiger partial charge in [-0.25, -0.2) is 0 Å². The summed E-state index contributed by atoms with van der Waals surface area (Å²) in [5.74, 6) is 1.38. The topological polar surface area (TPSA) is 32.5 Å². The Hall–Kier alpha value is -0.330. The first-order valence-corrected chi connectivity index (χ1v) is 7.50. The van der Waals surface area contributed by atoms with Gasteiger partial charge >= 0.3 is 6.18 Å². The third kappa shape index (κ3) is 3.46. The highest BCUT2D eigenvalue weighted by Crippen LogP contribution is 2.45. The molecule has 0 bridgehead atoms. The van der Waals surface area contributed by atoms with E-state index in [0.29, 0.717) is 44.6 Å². The van der Waals surface area contributed by atoms with E-state index in [2.05, 4.69) is 18.7 Å². The molecule has 6 heteroatoms. The summed E-state index contributed by atoms with van der Waals surface area (Å²) in [5.41, 5.74) is 6.02. The van der Waals surface area contributed by atoms with E-state index < -0.39 is 12.7 Å². The number of halogens is 3. The van der Waals surface area contributed by atoms with Crippen LogP contribution in [0.15, 0.2) is 0 Å². The average molecular weight is 293 g/mol. The van der Waals surface area contributed by atoms with E-state index in [1.54, 1.807) is 0 Å². The Morgan fingerprint density at radius 3 is 2.10 bits per heavy atom. The molecule has 1 aliphatic carbocycles. The van der Waals surface area contributed by atoms with Crippen molar-refractivity contribution in [3.05, 3.63) is 0 Å². The van der Waals surface area contributed by atoms with Gasteiger partial charge < -0.3 is 5.73 Å². The minimum absolute atomic E-state index is 0.0548. The molecule has 0 spiro atoms. The van der Waals surface area contributed by atoms with Crippen LogP contribution >= 0.6 is 0 Å². The van der Waals surface area contributed by atoms with Gasteiger partial charge in [-0.3, -0.25) is 9.80 Å². The van der Waals surface area contributed by atoms with Crippen LogP contribution in [-0.4, -0.2) is 60.8 Å². The molecule has 1 aliphatic heterocycles. The number of hydrogen-bond donors (Lipinski definition) is 1. The average Bonchev–Trinajstić information content (AvgIpc) is 2.28. The fourth-order valence-corrected chi connectivity index (χ4v) is 3.58. The molecule has 0 aromatic carbocycles. The van der Waals surface area contributed by atoms with Crippen LogP contribution in [0.3, 0.4) is 0 Å². The molecule has 1 saturated heterocycles. The smallest absolute Gasteiger partial charge is 0.329 e. The molecule has 0 amide bonds. The largest absolute Gasteiger partial charge is 0.401 e. The summed E-state index contributed by atoms with van der Waals surface area (Å²) >= 11 is 0. The molecule has 0 unspecified atom stereocenters. The Balaban J connectivity index is 1.84. The molecule has 3 nitrogen and oxygen atoms in total. The molecule has 2 rings (SSSR count). The van der Waals surface area contributed by atoms with E-state index in [4.69, 9.17) is 5.73 Å². The molecule has 2 fully saturated rings. The minimum atomic E-state index is -4.09. The molecule has 2 N–H and O–H groups in total. The lowest BCUT2D eigenvalue weighted by Gasteiger charge is -2.57. The van der Waals surface area contributed by atoms with Crippen molar-refractivity contribution in [2.45, 2.75) is 38.4 Å². The maximum absolute atomic E-state index is 12.4. The third-order valence-corrected chi connectivity index (χ3v) is 5.05. The van der Waals surface area contributed by atoms with E-state index in [0.717, 1.165) is 12.8 Å². The summed E-state index contributed by atoms with van der Waals surface area (Å²) < 4.78 is 37.1. The number of rotatable bonds is 4. The molecule has 118 valence electrons. The summed E-state index contributed by atoms with van der Waals surface area (Å²) in [4.78, 5) is 3.83. The first-order chi connectivity index (χ1) is 9.26. The fraction of sp³-hybridized carbons (Fsp3) is 1.00. The molecule has 1 heterocycles. The van der Waals surface area contributed by atoms with Crippen molar-refractivity contribution in [3.8, 4) is 0 Å². The Kier molecular flexibility index (Phi) is 4.66. The predicted octanol–water partition coefficient (Wildman–Crippen LogP) is 1.93. The van der Waals surface area contributed by atoms with Gasteiger partial charge in [-0.15, -0.1) is 0 Å². The lowest BCUT2D eigenvalue weighted by Crippen LogP contribution is -2.66. The van der Waals surface area contributed by atoms with Gasteiger partial charge in [0, 0.05) is 38.3 Å². The molecular weight excluding hydrogens is 267 g/mol. The van der Waals surface area contributed by atoms with E-state index in [1.807, 2.05) is 0 Å². The number of hydrogen-bond acceptors (Lipinski definition) is 3. The highest BCUT2D eigenvalue weighted by atomic mass is 19.4. The summed E-state index contributed by atoms with van der Waals surface area (Å²) in [6.45, 7) is 6.69. The van der Waals surface area contributed by atoms with E-state index >= 15 is 0 Å². The quantitative estimate of drug-likeness (QED) is 0.859. The van der Waals surface area contributed by atoms with Crippen molar-refractivity contribution in [1.82, 2.24) is 9.80 Å². The zero-order valence-electron chi connectivity index (χ0n) is 12.4. The fourth-order valence-electron chi connectivity index (χ4n) is 3.58. The molecule has 1 saturated carbocycles. The Morgan fingerprint density at radius 2 is 1.70 bits per heavy atom. The van der Waals surface area contributed by atoms with Crippen molar-refractivity contribution in [1.29, 1.82) is 0 Å². The van der Waals surface area contributed by atoms with Gasteiger partial charge in [-0.05, 0) is 24.7 Å². The maximum atomic E-state index is 12.4. The lowest BCUT2D eigenvalue weighted by atomic mass is 9.63. The Labute approximate surface area is 119 Å². The number of alkyl halides is 3. The van der Waals surface area contributed by atoms with Crippen LogP contribution in [-0.2, 0) is 0 Å². The van der Waals surface area contributed by atoms with Gasteiger partial charge in [0.25, 0.3) is 0 Å². The van der Waals surface area contributed by atoms with E-state index in [9.17, 15) is 13.2 Å². The molecule has 2 aliphatic rings. The molecule has 0 atom stereocenters. The molecule has 0 aromatic heterocycles. The van der Waals surface area contributed by atoms with Gasteiger partial charge in [0.2, 0.25) is 0 Å². The van der Waals surface area contributed by atoms with Crippen LogP contribution in [0.2, 0.25) is 0 Å². The first kappa shape index (κ1) is 16.0. The second kappa shape index (κ2) is 5.81. The van der Waals surface area contributed by atoms with Gasteiger partial charge in [-0.2, -0.15) is 13.2 Å². The second-order valence-electron chi connectivity index (χ2n) is 6.72. The second-order valence-corrected chi connectivity index (χ2v) is 6.72. The van der Waals surface area contributed by atoms with Crippen molar-refractivity contribution in [2.75, 3.05) is 39.3 Å². The van der Waals surface area contributed by atoms with Crippen molar-refractivity contribution in [3.63, 3.8) is 0 Å². The van der Waals surface area contributed by atoms with Crippen LogP contribution in [0.1, 0.15) is 26.7 Å². The third-order valence-electron chi connectivity index (χ3n) is 5.05. The zero-order valence-corrected chi connectivity index (χ0v) is 12.4. The Morgan fingerprint density at radius 1 is 1.15 bits per heavy atom. The van der Waals surface area contributed by atoms with Crippen molar-refractivity contribution >= 4 is 0 Å². The zero-order chi connectivity index (χ0) is 15.0. The summed E-state index contributed by atoms with van der Waals surface area (Å²) in [7, 11) is 0. The summed E-state index contributed by atoms with van der Waals surface area (Å²) in [5, 5.41) is 0. The molecule has 0 aromatic rings. The number of nitrogens with zero attached hydrogens (tertiary/aromatic N) is 2. The standard InChI is InChI=1S/C14H26F3N3/c1-11(2)12-7-13(8-12,9-18)20-5-3-19(4-6-20)10-14(15,16)17/h11-12H,3-10,18H2,1-2H3. The SMILES string of the molecule is CC(C)C1CC(CN)(N2CCN(CC(F)(F)F)CC2)C1. The lowest BCUT2D eigenvalue weighted by molar-refractivity contribution is -0.153. The molecule has 20 heavy (non-hydrogen) atoms. The monoisotopic (exact) mass is 293 g/mol. The maximum Gasteiger partial charge on any atom is 0.401 e. The van der Waals surface area contributed by atoms with Crippen molar-refractivity contribution in [2.24, 2.45) is 17.6 Å². The van der Waals surface area contributed by atoms with Gasteiger partial charge in [0.05, 0.1) is 6.54 Å². The van der Waals surface area contributed by atoms with Gasteiger partial charge in [0.1, 0.15) is 0 Å². The number of piperazine rings is 1. The molecule has 0 radical (unpaired) electrons. The number of nitrogens with two attached hydrogens (primary N) is 1. The summed E-state index contributed by atoms with van der Waals surface area (Å²) in [6.07, 6.45) is -1.90. The van der Waals surface area contributed by atoms with E-state index in [-0.39, 0.29) is 5.54 Å². The predicted molar refractivity (Wildman–Crippen MR) is 73.4 cm³/mol. The van der Waals surface area contributed by atoms with Gasteiger partial charge in [0.15, 0.2) is 0 Å². The van der Waals surface area contributed by atoms with Crippen molar-refractivity contribution < 1.29 is 13.2 Å². The van der Waals surface area contributed by atoms with Crippen LogP contribution in [0.4, 0.5) is 13.2 Å². The minimum Gasteiger partial charge on any atom is -0.329 e. The Bertz CT molecular complexity index is 316. The van der Waals surface area contributed by atoms with Crippen LogP contribution in [0, 0.1) is 11.8 Å². The normalized spacial score (nSPS) is 33.5. The first-order valence-electron chi connectivity index (χ1n) is 7.50. The summed E-state index contributed by atoms with van der Waals surface area (Å²) in [6, 6.07) is 0. The van der Waals surface area contributed by atoms with E-state index in [1.165, 1.54) is 4.90 Å². The molecular formula is C14H26F3N3. The van der Waals surface area contributed by atoms with Crippen LogP contribution < -0.4 is 5.73 Å². The van der Waals surface area contributed by atoms with Crippen LogP contribution in [0.25, 0.3) is 0 Å².